The maximum Gasteiger partial charge on any atom is 0.136 e. The summed E-state index contributed by atoms with van der Waals surface area (Å²) in [6.45, 7) is 3.99. The summed E-state index contributed by atoms with van der Waals surface area (Å²) in [7, 11) is 0. The van der Waals surface area contributed by atoms with Gasteiger partial charge in [0.05, 0.1) is 0 Å². The molecule has 2 heterocycles. The molecule has 4 rings (SSSR count). The topological polar surface area (TPSA) is 29.0 Å². The smallest absolute Gasteiger partial charge is 0.136 e. The molecule has 0 amide bonds. The van der Waals surface area contributed by atoms with Gasteiger partial charge < -0.3 is 4.90 Å². The van der Waals surface area contributed by atoms with Crippen molar-refractivity contribution in [2.45, 2.75) is 45.7 Å². The van der Waals surface area contributed by atoms with E-state index in [0.717, 1.165) is 31.8 Å². The van der Waals surface area contributed by atoms with E-state index in [1.165, 1.54) is 41.0 Å². The highest BCUT2D eigenvalue weighted by molar-refractivity contribution is 5.54. The van der Waals surface area contributed by atoms with Gasteiger partial charge in [0.2, 0.25) is 0 Å². The number of aromatic nitrogens is 2. The Labute approximate surface area is 119 Å². The summed E-state index contributed by atoms with van der Waals surface area (Å²) in [4.78, 5) is 11.8. The van der Waals surface area contributed by atoms with Gasteiger partial charge in [-0.3, -0.25) is 0 Å². The summed E-state index contributed by atoms with van der Waals surface area (Å²) in [5.41, 5.74) is 5.56. The van der Waals surface area contributed by atoms with Crippen LogP contribution in [0.5, 0.6) is 0 Å². The normalized spacial score (nSPS) is 16.9. The number of anilines is 1. The van der Waals surface area contributed by atoms with Crippen LogP contribution in [0.3, 0.4) is 0 Å². The van der Waals surface area contributed by atoms with Gasteiger partial charge in [0, 0.05) is 24.3 Å². The van der Waals surface area contributed by atoms with Gasteiger partial charge in [-0.05, 0) is 43.7 Å². The van der Waals surface area contributed by atoms with Crippen molar-refractivity contribution in [3.63, 3.8) is 0 Å². The van der Waals surface area contributed by atoms with Crippen molar-refractivity contribution < 1.29 is 0 Å². The molecular weight excluding hydrogens is 246 g/mol. The fourth-order valence-corrected chi connectivity index (χ4v) is 3.44. The molecule has 1 aromatic heterocycles. The second kappa shape index (κ2) is 4.58. The van der Waals surface area contributed by atoms with Crippen LogP contribution in [0.25, 0.3) is 0 Å². The lowest BCUT2D eigenvalue weighted by Crippen LogP contribution is -2.21. The summed E-state index contributed by atoms with van der Waals surface area (Å²) in [5, 5.41) is 0. The number of rotatable bonds is 1. The summed E-state index contributed by atoms with van der Waals surface area (Å²) in [6, 6.07) is 8.72. The van der Waals surface area contributed by atoms with Crippen LogP contribution in [0.2, 0.25) is 0 Å². The molecule has 0 saturated heterocycles. The SMILES string of the molecule is Cc1nc2c(c(N3Cc4ccccc4C3)n1)CCCC2. The average Bonchev–Trinajstić information content (AvgIpc) is 2.90. The maximum atomic E-state index is 4.77. The van der Waals surface area contributed by atoms with Crippen LogP contribution in [-0.4, -0.2) is 9.97 Å². The molecule has 0 fully saturated rings. The molecule has 0 unspecified atom stereocenters. The Morgan fingerprint density at radius 3 is 2.40 bits per heavy atom. The molecule has 0 N–H and O–H groups in total. The third kappa shape index (κ3) is 1.89. The van der Waals surface area contributed by atoms with Gasteiger partial charge in [-0.25, -0.2) is 9.97 Å². The number of hydrogen-bond donors (Lipinski definition) is 0. The lowest BCUT2D eigenvalue weighted by Gasteiger charge is -2.24. The van der Waals surface area contributed by atoms with E-state index in [4.69, 9.17) is 4.98 Å². The van der Waals surface area contributed by atoms with Crippen LogP contribution in [0.15, 0.2) is 24.3 Å². The zero-order chi connectivity index (χ0) is 13.5. The van der Waals surface area contributed by atoms with E-state index < -0.39 is 0 Å². The van der Waals surface area contributed by atoms with Gasteiger partial charge in [0.25, 0.3) is 0 Å². The Balaban J connectivity index is 1.75. The first-order valence-electron chi connectivity index (χ1n) is 7.49. The van der Waals surface area contributed by atoms with Gasteiger partial charge in [-0.2, -0.15) is 0 Å². The van der Waals surface area contributed by atoms with Crippen molar-refractivity contribution >= 4 is 5.82 Å². The van der Waals surface area contributed by atoms with Gasteiger partial charge >= 0.3 is 0 Å². The van der Waals surface area contributed by atoms with Crippen molar-refractivity contribution in [3.8, 4) is 0 Å². The third-order valence-corrected chi connectivity index (χ3v) is 4.41. The zero-order valence-electron chi connectivity index (χ0n) is 11.9. The highest BCUT2D eigenvalue weighted by Gasteiger charge is 2.25. The van der Waals surface area contributed by atoms with Crippen molar-refractivity contribution in [3.05, 3.63) is 52.5 Å². The van der Waals surface area contributed by atoms with E-state index in [0.29, 0.717) is 0 Å². The molecule has 2 aliphatic rings. The number of fused-ring (bicyclic) bond motifs is 2. The third-order valence-electron chi connectivity index (χ3n) is 4.41. The molecule has 0 radical (unpaired) electrons. The molecule has 2 aromatic rings. The first-order valence-corrected chi connectivity index (χ1v) is 7.49. The highest BCUT2D eigenvalue weighted by atomic mass is 15.2. The van der Waals surface area contributed by atoms with Crippen LogP contribution in [0.1, 0.15) is 41.1 Å². The predicted molar refractivity (Wildman–Crippen MR) is 79.7 cm³/mol. The highest BCUT2D eigenvalue weighted by Crippen LogP contribution is 2.33. The van der Waals surface area contributed by atoms with Crippen LogP contribution < -0.4 is 4.90 Å². The van der Waals surface area contributed by atoms with Gasteiger partial charge in [-0.15, -0.1) is 0 Å². The van der Waals surface area contributed by atoms with Gasteiger partial charge in [0.1, 0.15) is 11.6 Å². The minimum Gasteiger partial charge on any atom is -0.348 e. The zero-order valence-corrected chi connectivity index (χ0v) is 11.9. The lowest BCUT2D eigenvalue weighted by molar-refractivity contribution is 0.651. The minimum atomic E-state index is 0.914. The van der Waals surface area contributed by atoms with E-state index in [1.807, 2.05) is 6.92 Å². The standard InChI is InChI=1S/C17H19N3/c1-12-18-16-9-5-4-8-15(16)17(19-12)20-10-13-6-2-3-7-14(13)11-20/h2-3,6-7H,4-5,8-11H2,1H3. The molecule has 0 saturated carbocycles. The molecule has 3 nitrogen and oxygen atoms in total. The molecule has 102 valence electrons. The number of hydrogen-bond acceptors (Lipinski definition) is 3. The molecule has 3 heteroatoms. The summed E-state index contributed by atoms with van der Waals surface area (Å²) in [6.07, 6.45) is 4.79. The Morgan fingerprint density at radius 2 is 1.65 bits per heavy atom. The molecular formula is C17H19N3. The summed E-state index contributed by atoms with van der Waals surface area (Å²) in [5.74, 6) is 2.10. The fraction of sp³-hybridized carbons (Fsp3) is 0.412. The quantitative estimate of drug-likeness (QED) is 0.793. The van der Waals surface area contributed by atoms with Crippen molar-refractivity contribution in [1.82, 2.24) is 9.97 Å². The molecule has 20 heavy (non-hydrogen) atoms. The van der Waals surface area contributed by atoms with E-state index in [2.05, 4.69) is 34.1 Å². The van der Waals surface area contributed by atoms with Crippen LogP contribution in [-0.2, 0) is 25.9 Å². The molecule has 0 atom stereocenters. The second-order valence-corrected chi connectivity index (χ2v) is 5.85. The van der Waals surface area contributed by atoms with E-state index >= 15 is 0 Å². The van der Waals surface area contributed by atoms with Crippen LogP contribution >= 0.6 is 0 Å². The van der Waals surface area contributed by atoms with Crippen molar-refractivity contribution in [2.24, 2.45) is 0 Å². The monoisotopic (exact) mass is 265 g/mol. The van der Waals surface area contributed by atoms with Crippen molar-refractivity contribution in [2.75, 3.05) is 4.90 Å². The molecule has 1 aliphatic carbocycles. The summed E-state index contributed by atoms with van der Waals surface area (Å²) < 4.78 is 0. The minimum absolute atomic E-state index is 0.914. The molecule has 1 aliphatic heterocycles. The Kier molecular flexibility index (Phi) is 2.72. The number of aryl methyl sites for hydroxylation is 2. The average molecular weight is 265 g/mol. The largest absolute Gasteiger partial charge is 0.348 e. The Bertz CT molecular complexity index is 638. The van der Waals surface area contributed by atoms with E-state index in [1.54, 1.807) is 0 Å². The number of benzene rings is 1. The predicted octanol–water partition coefficient (Wildman–Crippen LogP) is 3.18. The van der Waals surface area contributed by atoms with Crippen molar-refractivity contribution in [1.29, 1.82) is 0 Å². The summed E-state index contributed by atoms with van der Waals surface area (Å²) >= 11 is 0. The lowest BCUT2D eigenvalue weighted by atomic mass is 9.96. The Hall–Kier alpha value is -1.90. The first kappa shape index (κ1) is 11.9. The van der Waals surface area contributed by atoms with Gasteiger partial charge in [0.15, 0.2) is 0 Å². The van der Waals surface area contributed by atoms with E-state index in [9.17, 15) is 0 Å². The van der Waals surface area contributed by atoms with E-state index in [-0.39, 0.29) is 0 Å². The first-order chi connectivity index (χ1) is 9.81. The molecule has 0 bridgehead atoms. The van der Waals surface area contributed by atoms with Crippen LogP contribution in [0.4, 0.5) is 5.82 Å². The van der Waals surface area contributed by atoms with Crippen LogP contribution in [0, 0.1) is 6.92 Å². The second-order valence-electron chi connectivity index (χ2n) is 5.85. The Morgan fingerprint density at radius 1 is 0.950 bits per heavy atom. The van der Waals surface area contributed by atoms with Gasteiger partial charge in [-0.1, -0.05) is 24.3 Å². The number of nitrogens with zero attached hydrogens (tertiary/aromatic N) is 3. The fourth-order valence-electron chi connectivity index (χ4n) is 3.44. The maximum absolute atomic E-state index is 4.77. The molecule has 1 aromatic carbocycles. The molecule has 0 spiro atoms.